The van der Waals surface area contributed by atoms with Crippen LogP contribution in [-0.2, 0) is 9.53 Å². The fourth-order valence-corrected chi connectivity index (χ4v) is 4.90. The third-order valence-corrected chi connectivity index (χ3v) is 7.04. The topological polar surface area (TPSA) is 105 Å². The lowest BCUT2D eigenvalue weighted by molar-refractivity contribution is -0.134. The SMILES string of the molecule is CC(=O)O.CCOCCCO.COc1cc(N2CCC(Oc3ccc(N4CCC(C)C4)cc3)C(C)C2)c(Cl)cn1. The Bertz CT molecular complexity index is 1000. The summed E-state index contributed by atoms with van der Waals surface area (Å²) in [4.78, 5) is 17.9. The van der Waals surface area contributed by atoms with Crippen LogP contribution in [0.1, 0.15) is 47.0 Å². The minimum atomic E-state index is -0.833. The second-order valence-corrected chi connectivity index (χ2v) is 10.6. The Morgan fingerprint density at radius 1 is 1.12 bits per heavy atom. The average Bonchev–Trinajstić information content (AvgIpc) is 3.37. The quantitative estimate of drug-likeness (QED) is 0.379. The number of carbonyl (C=O) groups is 1. The van der Waals surface area contributed by atoms with Crippen LogP contribution >= 0.6 is 11.6 Å². The predicted octanol–water partition coefficient (Wildman–Crippen LogP) is 5.38. The zero-order valence-corrected chi connectivity index (χ0v) is 25.3. The van der Waals surface area contributed by atoms with Gasteiger partial charge in [-0.05, 0) is 49.9 Å². The van der Waals surface area contributed by atoms with Gasteiger partial charge in [-0.3, -0.25) is 4.79 Å². The van der Waals surface area contributed by atoms with Crippen LogP contribution in [0.5, 0.6) is 11.6 Å². The third kappa shape index (κ3) is 11.4. The van der Waals surface area contributed by atoms with Crippen LogP contribution < -0.4 is 19.3 Å². The summed E-state index contributed by atoms with van der Waals surface area (Å²) < 4.78 is 16.5. The Hall–Kier alpha value is -2.75. The number of aliphatic hydroxyl groups is 1. The molecule has 1 aromatic heterocycles. The number of carboxylic acid groups (broad SMARTS) is 1. The van der Waals surface area contributed by atoms with Gasteiger partial charge in [0.1, 0.15) is 11.9 Å². The van der Waals surface area contributed by atoms with Crippen molar-refractivity contribution in [1.29, 1.82) is 0 Å². The number of ether oxygens (including phenoxy) is 3. The highest BCUT2D eigenvalue weighted by atomic mass is 35.5. The standard InChI is InChI=1S/C23H30ClN3O2.C5H12O2.C2H4O2/c1-16-8-10-26(14-16)18-4-6-19(7-5-18)29-22-9-11-27(15-17(22)2)21-12-23(28-3)25-13-20(21)24;1-2-7-5-3-4-6;1-2(3)4/h4-7,12-13,16-17,22H,8-11,14-15H2,1-3H3;6H,2-5H2,1H3;1H3,(H,3,4). The smallest absolute Gasteiger partial charge is 0.300 e. The van der Waals surface area contributed by atoms with Crippen molar-refractivity contribution < 1.29 is 29.2 Å². The molecule has 3 atom stereocenters. The summed E-state index contributed by atoms with van der Waals surface area (Å²) >= 11 is 6.38. The summed E-state index contributed by atoms with van der Waals surface area (Å²) in [5, 5.41) is 16.3. The molecule has 0 spiro atoms. The third-order valence-electron chi connectivity index (χ3n) is 6.75. The first kappa shape index (κ1) is 33.5. The van der Waals surface area contributed by atoms with Crippen molar-refractivity contribution in [2.45, 2.75) is 53.1 Å². The van der Waals surface area contributed by atoms with Crippen molar-refractivity contribution >= 4 is 28.9 Å². The van der Waals surface area contributed by atoms with Crippen LogP contribution in [0.2, 0.25) is 5.02 Å². The van der Waals surface area contributed by atoms with Gasteiger partial charge in [-0.25, -0.2) is 4.98 Å². The van der Waals surface area contributed by atoms with E-state index < -0.39 is 5.97 Å². The molecule has 0 radical (unpaired) electrons. The van der Waals surface area contributed by atoms with E-state index in [1.165, 1.54) is 12.1 Å². The molecule has 2 saturated heterocycles. The molecule has 3 heterocycles. The number of aliphatic carboxylic acids is 1. The van der Waals surface area contributed by atoms with E-state index in [9.17, 15) is 0 Å². The summed E-state index contributed by atoms with van der Waals surface area (Å²) in [6.07, 6.45) is 4.85. The molecule has 2 aliphatic heterocycles. The van der Waals surface area contributed by atoms with Gasteiger partial charge >= 0.3 is 0 Å². The van der Waals surface area contributed by atoms with Crippen molar-refractivity contribution in [3.05, 3.63) is 41.6 Å². The lowest BCUT2D eigenvalue weighted by atomic mass is 9.96. The van der Waals surface area contributed by atoms with Crippen molar-refractivity contribution in [2.75, 3.05) is 62.9 Å². The summed E-state index contributed by atoms with van der Waals surface area (Å²) in [6.45, 7) is 13.3. The van der Waals surface area contributed by atoms with Gasteiger partial charge in [0, 0.05) is 77.0 Å². The molecule has 3 unspecified atom stereocenters. The van der Waals surface area contributed by atoms with Gasteiger partial charge in [0.2, 0.25) is 5.88 Å². The molecule has 4 rings (SSSR count). The Labute approximate surface area is 244 Å². The number of carboxylic acids is 1. The molecule has 0 aliphatic carbocycles. The first-order valence-electron chi connectivity index (χ1n) is 14.0. The van der Waals surface area contributed by atoms with E-state index in [1.54, 1.807) is 13.3 Å². The normalized spacial score (nSPS) is 20.1. The van der Waals surface area contributed by atoms with E-state index in [4.69, 9.17) is 40.8 Å². The van der Waals surface area contributed by atoms with Crippen LogP contribution in [-0.4, -0.2) is 80.4 Å². The number of piperidine rings is 1. The number of pyridine rings is 1. The van der Waals surface area contributed by atoms with Gasteiger partial charge in [-0.1, -0.05) is 25.4 Å². The van der Waals surface area contributed by atoms with E-state index in [0.717, 1.165) is 69.9 Å². The summed E-state index contributed by atoms with van der Waals surface area (Å²) in [6, 6.07) is 10.5. The maximum atomic E-state index is 9.00. The van der Waals surface area contributed by atoms with Crippen molar-refractivity contribution in [3.63, 3.8) is 0 Å². The number of methoxy groups -OCH3 is 1. The minimum Gasteiger partial charge on any atom is -0.490 e. The van der Waals surface area contributed by atoms with Crippen molar-refractivity contribution in [2.24, 2.45) is 11.8 Å². The molecule has 224 valence electrons. The summed E-state index contributed by atoms with van der Waals surface area (Å²) in [5.41, 5.74) is 2.28. The molecular weight excluding hydrogens is 534 g/mol. The van der Waals surface area contributed by atoms with Gasteiger partial charge in [0.15, 0.2) is 0 Å². The lowest BCUT2D eigenvalue weighted by Gasteiger charge is -2.38. The monoisotopic (exact) mass is 579 g/mol. The van der Waals surface area contributed by atoms with Crippen LogP contribution in [0.25, 0.3) is 0 Å². The molecule has 10 heteroatoms. The van der Waals surface area contributed by atoms with E-state index >= 15 is 0 Å². The number of benzene rings is 1. The molecule has 2 aliphatic rings. The second-order valence-electron chi connectivity index (χ2n) is 10.2. The van der Waals surface area contributed by atoms with Gasteiger partial charge in [-0.15, -0.1) is 0 Å². The number of aliphatic hydroxyl groups excluding tert-OH is 1. The zero-order chi connectivity index (χ0) is 29.5. The molecule has 0 bridgehead atoms. The fraction of sp³-hybridized carbons (Fsp3) is 0.600. The number of nitrogens with zero attached hydrogens (tertiary/aromatic N) is 3. The molecule has 9 nitrogen and oxygen atoms in total. The number of anilines is 2. The van der Waals surface area contributed by atoms with Crippen LogP contribution in [0.4, 0.5) is 11.4 Å². The molecule has 0 saturated carbocycles. The van der Waals surface area contributed by atoms with Gasteiger partial charge in [0.05, 0.1) is 24.0 Å². The summed E-state index contributed by atoms with van der Waals surface area (Å²) in [5.74, 6) is 1.88. The highest BCUT2D eigenvalue weighted by molar-refractivity contribution is 6.33. The number of aromatic nitrogens is 1. The number of hydrogen-bond donors (Lipinski definition) is 2. The van der Waals surface area contributed by atoms with Crippen LogP contribution in [0.15, 0.2) is 36.5 Å². The molecule has 40 heavy (non-hydrogen) atoms. The average molecular weight is 580 g/mol. The Kier molecular flexibility index (Phi) is 14.9. The second kappa shape index (κ2) is 17.8. The van der Waals surface area contributed by atoms with E-state index in [0.29, 0.717) is 23.4 Å². The molecule has 0 amide bonds. The highest BCUT2D eigenvalue weighted by Gasteiger charge is 2.29. The van der Waals surface area contributed by atoms with Crippen LogP contribution in [0, 0.1) is 11.8 Å². The molecule has 2 fully saturated rings. The molecule has 2 N–H and O–H groups in total. The van der Waals surface area contributed by atoms with Gasteiger partial charge in [0.25, 0.3) is 5.97 Å². The fourth-order valence-electron chi connectivity index (χ4n) is 4.67. The highest BCUT2D eigenvalue weighted by Crippen LogP contribution is 2.33. The van der Waals surface area contributed by atoms with E-state index in [-0.39, 0.29) is 12.7 Å². The zero-order valence-electron chi connectivity index (χ0n) is 24.5. The Morgan fingerprint density at radius 2 is 1.80 bits per heavy atom. The maximum Gasteiger partial charge on any atom is 0.300 e. The lowest BCUT2D eigenvalue weighted by Crippen LogP contribution is -2.44. The minimum absolute atomic E-state index is 0.200. The van der Waals surface area contributed by atoms with Crippen molar-refractivity contribution in [1.82, 2.24) is 4.98 Å². The number of hydrogen-bond acceptors (Lipinski definition) is 8. The molecule has 2 aromatic rings. The first-order valence-corrected chi connectivity index (χ1v) is 14.4. The summed E-state index contributed by atoms with van der Waals surface area (Å²) in [7, 11) is 1.62. The Balaban J connectivity index is 0.000000434. The largest absolute Gasteiger partial charge is 0.490 e. The molecule has 1 aromatic carbocycles. The van der Waals surface area contributed by atoms with Crippen molar-refractivity contribution in [3.8, 4) is 11.6 Å². The van der Waals surface area contributed by atoms with Gasteiger partial charge < -0.3 is 34.2 Å². The maximum absolute atomic E-state index is 9.00. The van der Waals surface area contributed by atoms with Crippen LogP contribution in [0.3, 0.4) is 0 Å². The van der Waals surface area contributed by atoms with E-state index in [2.05, 4.69) is 52.9 Å². The number of halogens is 1. The predicted molar refractivity (Wildman–Crippen MR) is 160 cm³/mol. The number of rotatable bonds is 9. The van der Waals surface area contributed by atoms with E-state index in [1.807, 2.05) is 13.0 Å². The first-order chi connectivity index (χ1) is 19.2. The molecular formula is C30H46ClN3O6. The van der Waals surface area contributed by atoms with Gasteiger partial charge in [-0.2, -0.15) is 0 Å². The Morgan fingerprint density at radius 3 is 2.35 bits per heavy atom.